The average Bonchev–Trinajstić information content (AvgIpc) is 2.77. The number of carbonyl (C=O) groups excluding carboxylic acids is 1. The number of nitrogen functional groups attached to an aromatic ring is 1. The van der Waals surface area contributed by atoms with Gasteiger partial charge in [0, 0.05) is 18.5 Å². The number of carbonyl (C=O) groups is 1. The van der Waals surface area contributed by atoms with E-state index >= 15 is 0 Å². The van der Waals surface area contributed by atoms with E-state index in [2.05, 4.69) is 4.98 Å². The molecule has 0 amide bonds. The fraction of sp³-hybridized carbons (Fsp3) is 0.538. The van der Waals surface area contributed by atoms with Crippen LogP contribution in [0.4, 0.5) is 5.82 Å². The second-order valence-electron chi connectivity index (χ2n) is 4.77. The molecule has 4 N–H and O–H groups in total. The maximum absolute atomic E-state index is 12.2. The standard InChI is InChI=1S/C13H19N3O/c14-8-10-2-1-3-11(10)12(17)6-9-4-5-16-13(15)7-9/h4-5,7,10-11H,1-3,6,8,14H2,(H2,15,16). The van der Waals surface area contributed by atoms with Crippen molar-refractivity contribution >= 4 is 11.6 Å². The number of Topliss-reactive ketones (excluding diaryl/α,β-unsaturated/α-hetero) is 1. The quantitative estimate of drug-likeness (QED) is 0.817. The molecule has 1 heterocycles. The Kier molecular flexibility index (Phi) is 3.74. The second kappa shape index (κ2) is 5.27. The van der Waals surface area contributed by atoms with E-state index in [-0.39, 0.29) is 5.92 Å². The van der Waals surface area contributed by atoms with Gasteiger partial charge in [0.1, 0.15) is 11.6 Å². The minimum Gasteiger partial charge on any atom is -0.384 e. The Morgan fingerprint density at radius 1 is 1.47 bits per heavy atom. The lowest BCUT2D eigenvalue weighted by molar-refractivity contribution is -0.123. The van der Waals surface area contributed by atoms with Crippen molar-refractivity contribution < 1.29 is 4.79 Å². The minimum absolute atomic E-state index is 0.148. The van der Waals surface area contributed by atoms with Gasteiger partial charge in [-0.05, 0) is 43.0 Å². The number of hydrogen-bond donors (Lipinski definition) is 2. The molecule has 2 rings (SSSR count). The first-order valence-electron chi connectivity index (χ1n) is 6.14. The van der Waals surface area contributed by atoms with Gasteiger partial charge in [0.05, 0.1) is 0 Å². The summed E-state index contributed by atoms with van der Waals surface area (Å²) in [6.45, 7) is 0.620. The van der Waals surface area contributed by atoms with Gasteiger partial charge in [-0.2, -0.15) is 0 Å². The fourth-order valence-electron chi connectivity index (χ4n) is 2.68. The van der Waals surface area contributed by atoms with Crippen molar-refractivity contribution in [2.75, 3.05) is 12.3 Å². The summed E-state index contributed by atoms with van der Waals surface area (Å²) in [5.41, 5.74) is 12.2. The van der Waals surface area contributed by atoms with Gasteiger partial charge in [-0.25, -0.2) is 4.98 Å². The van der Waals surface area contributed by atoms with Crippen molar-refractivity contribution in [3.05, 3.63) is 23.9 Å². The lowest BCUT2D eigenvalue weighted by atomic mass is 9.89. The van der Waals surface area contributed by atoms with E-state index in [0.29, 0.717) is 30.5 Å². The summed E-state index contributed by atoms with van der Waals surface area (Å²) in [6, 6.07) is 3.62. The van der Waals surface area contributed by atoms with E-state index in [9.17, 15) is 4.79 Å². The Hall–Kier alpha value is -1.42. The molecule has 0 aliphatic heterocycles. The van der Waals surface area contributed by atoms with Crippen molar-refractivity contribution in [3.8, 4) is 0 Å². The lowest BCUT2D eigenvalue weighted by Crippen LogP contribution is -2.26. The summed E-state index contributed by atoms with van der Waals surface area (Å²) >= 11 is 0. The number of pyridine rings is 1. The zero-order valence-electron chi connectivity index (χ0n) is 9.93. The second-order valence-corrected chi connectivity index (χ2v) is 4.77. The number of nitrogens with two attached hydrogens (primary N) is 2. The first-order chi connectivity index (χ1) is 8.20. The first kappa shape index (κ1) is 12.0. The molecule has 1 saturated carbocycles. The van der Waals surface area contributed by atoms with Gasteiger partial charge >= 0.3 is 0 Å². The largest absolute Gasteiger partial charge is 0.384 e. The summed E-state index contributed by atoms with van der Waals surface area (Å²) in [7, 11) is 0. The molecule has 1 aromatic rings. The highest BCUT2D eigenvalue weighted by Gasteiger charge is 2.31. The molecule has 0 saturated heterocycles. The van der Waals surface area contributed by atoms with E-state index in [1.807, 2.05) is 6.07 Å². The summed E-state index contributed by atoms with van der Waals surface area (Å²) < 4.78 is 0. The summed E-state index contributed by atoms with van der Waals surface area (Å²) in [4.78, 5) is 16.1. The van der Waals surface area contributed by atoms with Crippen LogP contribution in [0.5, 0.6) is 0 Å². The van der Waals surface area contributed by atoms with Gasteiger partial charge < -0.3 is 11.5 Å². The van der Waals surface area contributed by atoms with E-state index in [0.717, 1.165) is 24.8 Å². The number of hydrogen-bond acceptors (Lipinski definition) is 4. The van der Waals surface area contributed by atoms with Crippen molar-refractivity contribution in [1.82, 2.24) is 4.98 Å². The Labute approximate surface area is 101 Å². The molecular weight excluding hydrogens is 214 g/mol. The smallest absolute Gasteiger partial charge is 0.140 e. The highest BCUT2D eigenvalue weighted by molar-refractivity contribution is 5.84. The molecule has 0 radical (unpaired) electrons. The predicted molar refractivity (Wildman–Crippen MR) is 67.2 cm³/mol. The van der Waals surface area contributed by atoms with Gasteiger partial charge in [0.2, 0.25) is 0 Å². The zero-order valence-corrected chi connectivity index (χ0v) is 9.93. The fourth-order valence-corrected chi connectivity index (χ4v) is 2.68. The van der Waals surface area contributed by atoms with Gasteiger partial charge in [-0.3, -0.25) is 4.79 Å². The van der Waals surface area contributed by atoms with Gasteiger partial charge in [0.25, 0.3) is 0 Å². The van der Waals surface area contributed by atoms with Gasteiger partial charge in [-0.1, -0.05) is 6.42 Å². The van der Waals surface area contributed by atoms with Crippen LogP contribution >= 0.6 is 0 Å². The van der Waals surface area contributed by atoms with Crippen LogP contribution in [0.1, 0.15) is 24.8 Å². The Morgan fingerprint density at radius 3 is 3.00 bits per heavy atom. The van der Waals surface area contributed by atoms with Crippen LogP contribution in [0.25, 0.3) is 0 Å². The maximum atomic E-state index is 12.2. The lowest BCUT2D eigenvalue weighted by Gasteiger charge is -2.16. The summed E-state index contributed by atoms with van der Waals surface area (Å²) in [5.74, 6) is 1.29. The van der Waals surface area contributed by atoms with Crippen LogP contribution in [0, 0.1) is 11.8 Å². The molecule has 1 aromatic heterocycles. The molecule has 1 aliphatic rings. The van der Waals surface area contributed by atoms with Gasteiger partial charge in [-0.15, -0.1) is 0 Å². The third-order valence-electron chi connectivity index (χ3n) is 3.60. The number of anilines is 1. The number of ketones is 1. The molecule has 0 bridgehead atoms. The van der Waals surface area contributed by atoms with Crippen molar-refractivity contribution in [2.24, 2.45) is 17.6 Å². The van der Waals surface area contributed by atoms with Crippen LogP contribution < -0.4 is 11.5 Å². The first-order valence-corrected chi connectivity index (χ1v) is 6.14. The van der Waals surface area contributed by atoms with E-state index in [1.54, 1.807) is 12.3 Å². The maximum Gasteiger partial charge on any atom is 0.140 e. The van der Waals surface area contributed by atoms with Gasteiger partial charge in [0.15, 0.2) is 0 Å². The Bertz CT molecular complexity index is 405. The van der Waals surface area contributed by atoms with Crippen LogP contribution in [0.3, 0.4) is 0 Å². The molecule has 4 nitrogen and oxygen atoms in total. The highest BCUT2D eigenvalue weighted by atomic mass is 16.1. The van der Waals surface area contributed by atoms with E-state index in [4.69, 9.17) is 11.5 Å². The molecule has 2 atom stereocenters. The van der Waals surface area contributed by atoms with Crippen LogP contribution in [-0.2, 0) is 11.2 Å². The molecule has 2 unspecified atom stereocenters. The average molecular weight is 233 g/mol. The van der Waals surface area contributed by atoms with Crippen LogP contribution in [0.15, 0.2) is 18.3 Å². The van der Waals surface area contributed by atoms with E-state index in [1.165, 1.54) is 0 Å². The van der Waals surface area contributed by atoms with Crippen molar-refractivity contribution in [1.29, 1.82) is 0 Å². The predicted octanol–water partition coefficient (Wildman–Crippen LogP) is 1.15. The summed E-state index contributed by atoms with van der Waals surface area (Å²) in [5, 5.41) is 0. The van der Waals surface area contributed by atoms with Crippen LogP contribution in [0.2, 0.25) is 0 Å². The molecular formula is C13H19N3O. The zero-order chi connectivity index (χ0) is 12.3. The highest BCUT2D eigenvalue weighted by Crippen LogP contribution is 2.32. The normalized spacial score (nSPS) is 23.8. The van der Waals surface area contributed by atoms with Crippen LogP contribution in [-0.4, -0.2) is 17.3 Å². The SMILES string of the molecule is NCC1CCCC1C(=O)Cc1ccnc(N)c1. The molecule has 4 heteroatoms. The number of rotatable bonds is 4. The minimum atomic E-state index is 0.148. The third-order valence-corrected chi connectivity index (χ3v) is 3.60. The Balaban J connectivity index is 2.01. The van der Waals surface area contributed by atoms with E-state index < -0.39 is 0 Å². The van der Waals surface area contributed by atoms with Crippen molar-refractivity contribution in [3.63, 3.8) is 0 Å². The third kappa shape index (κ3) is 2.82. The summed E-state index contributed by atoms with van der Waals surface area (Å²) in [6.07, 6.45) is 5.30. The number of nitrogens with zero attached hydrogens (tertiary/aromatic N) is 1. The molecule has 0 spiro atoms. The molecule has 92 valence electrons. The number of aromatic nitrogens is 1. The van der Waals surface area contributed by atoms with Crippen molar-refractivity contribution in [2.45, 2.75) is 25.7 Å². The Morgan fingerprint density at radius 2 is 2.29 bits per heavy atom. The monoisotopic (exact) mass is 233 g/mol. The molecule has 1 fully saturated rings. The molecule has 0 aromatic carbocycles. The molecule has 17 heavy (non-hydrogen) atoms. The topological polar surface area (TPSA) is 82.0 Å². The molecule has 1 aliphatic carbocycles.